The lowest BCUT2D eigenvalue weighted by molar-refractivity contribution is 0.0279. The maximum absolute atomic E-state index is 13.0. The van der Waals surface area contributed by atoms with Crippen LogP contribution in [0.25, 0.3) is 11.5 Å². The second-order valence-electron chi connectivity index (χ2n) is 6.56. The van der Waals surface area contributed by atoms with Gasteiger partial charge in [-0.2, -0.15) is 0 Å². The first kappa shape index (κ1) is 19.7. The molecular weight excluding hydrogens is 363 g/mol. The van der Waals surface area contributed by atoms with Crippen molar-refractivity contribution in [2.45, 2.75) is 39.6 Å². The lowest BCUT2D eigenvalue weighted by Crippen LogP contribution is -2.10. The summed E-state index contributed by atoms with van der Waals surface area (Å²) in [5, 5.41) is 7.83. The Bertz CT molecular complexity index is 920. The Morgan fingerprint density at radius 1 is 1.04 bits per heavy atom. The van der Waals surface area contributed by atoms with E-state index in [1.807, 2.05) is 26.0 Å². The quantitative estimate of drug-likeness (QED) is 0.549. The van der Waals surface area contributed by atoms with Crippen molar-refractivity contribution in [1.82, 2.24) is 10.2 Å². The van der Waals surface area contributed by atoms with E-state index in [1.54, 1.807) is 19.1 Å². The van der Waals surface area contributed by atoms with Crippen LogP contribution in [-0.2, 0) is 16.1 Å². The van der Waals surface area contributed by atoms with Crippen LogP contribution in [0.3, 0.4) is 0 Å². The minimum Gasteiger partial charge on any atom is -0.449 e. The Morgan fingerprint density at radius 3 is 2.36 bits per heavy atom. The second-order valence-corrected chi connectivity index (χ2v) is 6.56. The second kappa shape index (κ2) is 8.75. The van der Waals surface area contributed by atoms with E-state index in [4.69, 9.17) is 13.9 Å². The fraction of sp³-hybridized carbons (Fsp3) is 0.286. The molecule has 0 aliphatic carbocycles. The van der Waals surface area contributed by atoms with Gasteiger partial charge in [0.15, 0.2) is 6.10 Å². The molecule has 0 N–H and O–H groups in total. The highest BCUT2D eigenvalue weighted by Gasteiger charge is 2.20. The standard InChI is InChI=1S/C21H21FN2O4/c1-13(2)26-12-15-4-6-17(7-5-15)21(25)27-14(3)19-23-24-20(28-19)16-8-10-18(22)11-9-16/h4-11,13-14H,12H2,1-3H3/t14-/m0/s1. The molecule has 0 saturated carbocycles. The Hall–Kier alpha value is -3.06. The van der Waals surface area contributed by atoms with E-state index >= 15 is 0 Å². The molecular formula is C21H21FN2O4. The van der Waals surface area contributed by atoms with Gasteiger partial charge in [0.1, 0.15) is 5.82 Å². The minimum absolute atomic E-state index is 0.139. The monoisotopic (exact) mass is 384 g/mol. The van der Waals surface area contributed by atoms with Crippen molar-refractivity contribution in [3.63, 3.8) is 0 Å². The van der Waals surface area contributed by atoms with Crippen LogP contribution in [0, 0.1) is 5.82 Å². The van der Waals surface area contributed by atoms with Crippen molar-refractivity contribution in [3.8, 4) is 11.5 Å². The number of benzene rings is 2. The highest BCUT2D eigenvalue weighted by Crippen LogP contribution is 2.23. The molecule has 0 unspecified atom stereocenters. The summed E-state index contributed by atoms with van der Waals surface area (Å²) in [6.07, 6.45) is -0.585. The summed E-state index contributed by atoms with van der Waals surface area (Å²) < 4.78 is 29.5. The molecule has 6 nitrogen and oxygen atoms in total. The van der Waals surface area contributed by atoms with Crippen LogP contribution in [-0.4, -0.2) is 22.3 Å². The first-order valence-electron chi connectivity index (χ1n) is 8.93. The highest BCUT2D eigenvalue weighted by atomic mass is 19.1. The van der Waals surface area contributed by atoms with Crippen molar-refractivity contribution in [1.29, 1.82) is 0 Å². The molecule has 146 valence electrons. The van der Waals surface area contributed by atoms with E-state index in [9.17, 15) is 9.18 Å². The number of hydrogen-bond donors (Lipinski definition) is 0. The van der Waals surface area contributed by atoms with Gasteiger partial charge in [0.05, 0.1) is 18.3 Å². The van der Waals surface area contributed by atoms with Crippen LogP contribution < -0.4 is 0 Å². The van der Waals surface area contributed by atoms with Crippen molar-refractivity contribution in [2.24, 2.45) is 0 Å². The summed E-state index contributed by atoms with van der Waals surface area (Å²) in [6, 6.07) is 12.7. The maximum atomic E-state index is 13.0. The number of esters is 1. The molecule has 0 amide bonds. The fourth-order valence-electron chi connectivity index (χ4n) is 2.39. The number of rotatable bonds is 7. The van der Waals surface area contributed by atoms with Crippen molar-refractivity contribution >= 4 is 5.97 Å². The largest absolute Gasteiger partial charge is 0.449 e. The lowest BCUT2D eigenvalue weighted by atomic mass is 10.1. The average molecular weight is 384 g/mol. The number of aromatic nitrogens is 2. The number of hydrogen-bond acceptors (Lipinski definition) is 6. The van der Waals surface area contributed by atoms with Crippen molar-refractivity contribution in [2.75, 3.05) is 0 Å². The number of ether oxygens (including phenoxy) is 2. The van der Waals surface area contributed by atoms with Gasteiger partial charge in [0.25, 0.3) is 5.89 Å². The third-order valence-corrected chi connectivity index (χ3v) is 3.94. The summed E-state index contributed by atoms with van der Waals surface area (Å²) in [5.74, 6) is -0.458. The molecule has 1 heterocycles. The van der Waals surface area contributed by atoms with E-state index < -0.39 is 12.1 Å². The molecule has 0 saturated heterocycles. The third kappa shape index (κ3) is 5.01. The van der Waals surface area contributed by atoms with Gasteiger partial charge < -0.3 is 13.9 Å². The highest BCUT2D eigenvalue weighted by molar-refractivity contribution is 5.89. The van der Waals surface area contributed by atoms with E-state index in [0.717, 1.165) is 5.56 Å². The van der Waals surface area contributed by atoms with E-state index in [1.165, 1.54) is 24.3 Å². The van der Waals surface area contributed by atoms with Crippen LogP contribution in [0.2, 0.25) is 0 Å². The molecule has 0 bridgehead atoms. The fourth-order valence-corrected chi connectivity index (χ4v) is 2.39. The average Bonchev–Trinajstić information content (AvgIpc) is 3.17. The number of nitrogens with zero attached hydrogens (tertiary/aromatic N) is 2. The normalized spacial score (nSPS) is 12.2. The summed E-state index contributed by atoms with van der Waals surface area (Å²) in [4.78, 5) is 12.3. The molecule has 3 aromatic rings. The number of halogens is 1. The van der Waals surface area contributed by atoms with Gasteiger partial charge in [-0.1, -0.05) is 12.1 Å². The Morgan fingerprint density at radius 2 is 1.71 bits per heavy atom. The molecule has 28 heavy (non-hydrogen) atoms. The van der Waals surface area contributed by atoms with Gasteiger partial charge in [-0.3, -0.25) is 0 Å². The summed E-state index contributed by atoms with van der Waals surface area (Å²) in [7, 11) is 0. The molecule has 0 aliphatic heterocycles. The first-order chi connectivity index (χ1) is 13.4. The zero-order valence-electron chi connectivity index (χ0n) is 15.9. The Balaban J connectivity index is 1.62. The molecule has 7 heteroatoms. The molecule has 1 aromatic heterocycles. The Kier molecular flexibility index (Phi) is 6.16. The number of carbonyl (C=O) groups is 1. The smallest absolute Gasteiger partial charge is 0.338 e. The van der Waals surface area contributed by atoms with Crippen molar-refractivity contribution < 1.29 is 23.1 Å². The van der Waals surface area contributed by atoms with Gasteiger partial charge in [-0.05, 0) is 62.7 Å². The van der Waals surface area contributed by atoms with Crippen LogP contribution in [0.5, 0.6) is 0 Å². The van der Waals surface area contributed by atoms with Crippen LogP contribution in [0.4, 0.5) is 4.39 Å². The predicted molar refractivity (Wildman–Crippen MR) is 99.9 cm³/mol. The molecule has 0 spiro atoms. The summed E-state index contributed by atoms with van der Waals surface area (Å²) >= 11 is 0. The molecule has 0 fully saturated rings. The first-order valence-corrected chi connectivity index (χ1v) is 8.93. The van der Waals surface area contributed by atoms with E-state index in [2.05, 4.69) is 10.2 Å². The SMILES string of the molecule is CC(C)OCc1ccc(C(=O)O[C@@H](C)c2nnc(-c3ccc(F)cc3)o2)cc1. The van der Waals surface area contributed by atoms with Crippen molar-refractivity contribution in [3.05, 3.63) is 71.4 Å². The van der Waals surface area contributed by atoms with Gasteiger partial charge in [0.2, 0.25) is 5.89 Å². The van der Waals surface area contributed by atoms with E-state index in [0.29, 0.717) is 17.7 Å². The zero-order valence-corrected chi connectivity index (χ0v) is 15.9. The predicted octanol–water partition coefficient (Wildman–Crippen LogP) is 4.72. The summed E-state index contributed by atoms with van der Waals surface area (Å²) in [6.45, 7) is 6.06. The van der Waals surface area contributed by atoms with Crippen LogP contribution >= 0.6 is 0 Å². The molecule has 3 rings (SSSR count). The minimum atomic E-state index is -0.724. The van der Waals surface area contributed by atoms with Gasteiger partial charge >= 0.3 is 5.97 Å². The van der Waals surface area contributed by atoms with Gasteiger partial charge in [-0.25, -0.2) is 9.18 Å². The van der Waals surface area contributed by atoms with Gasteiger partial charge in [-0.15, -0.1) is 10.2 Å². The molecule has 2 aromatic carbocycles. The van der Waals surface area contributed by atoms with Gasteiger partial charge in [0, 0.05) is 5.56 Å². The third-order valence-electron chi connectivity index (χ3n) is 3.94. The zero-order chi connectivity index (χ0) is 20.1. The summed E-state index contributed by atoms with van der Waals surface area (Å²) in [5.41, 5.74) is 1.97. The molecule has 0 radical (unpaired) electrons. The van der Waals surface area contributed by atoms with E-state index in [-0.39, 0.29) is 23.7 Å². The Labute approximate surface area is 162 Å². The molecule has 0 aliphatic rings. The lowest BCUT2D eigenvalue weighted by Gasteiger charge is -2.10. The topological polar surface area (TPSA) is 74.5 Å². The number of carbonyl (C=O) groups excluding carboxylic acids is 1. The molecule has 1 atom stereocenters. The van der Waals surface area contributed by atoms with Crippen LogP contribution in [0.1, 0.15) is 48.7 Å². The van der Waals surface area contributed by atoms with Crippen LogP contribution in [0.15, 0.2) is 52.9 Å². The maximum Gasteiger partial charge on any atom is 0.338 e.